The smallest absolute Gasteiger partial charge is 0.335 e. The Hall–Kier alpha value is -1.62. The van der Waals surface area contributed by atoms with E-state index in [-0.39, 0.29) is 17.6 Å². The SMILES string of the molecule is CC1CCN(c2cc(C(=O)O)ccn2)CC1O. The zero-order valence-electron chi connectivity index (χ0n) is 9.71. The molecule has 1 aromatic heterocycles. The summed E-state index contributed by atoms with van der Waals surface area (Å²) in [4.78, 5) is 16.9. The molecule has 0 aliphatic carbocycles. The van der Waals surface area contributed by atoms with Crippen LogP contribution in [0.1, 0.15) is 23.7 Å². The van der Waals surface area contributed by atoms with Gasteiger partial charge in [-0.1, -0.05) is 6.92 Å². The van der Waals surface area contributed by atoms with Gasteiger partial charge in [-0.2, -0.15) is 0 Å². The predicted molar refractivity (Wildman–Crippen MR) is 63.2 cm³/mol. The molecule has 2 heterocycles. The fraction of sp³-hybridized carbons (Fsp3) is 0.500. The lowest BCUT2D eigenvalue weighted by molar-refractivity contribution is 0.0697. The highest BCUT2D eigenvalue weighted by atomic mass is 16.4. The van der Waals surface area contributed by atoms with Crippen molar-refractivity contribution in [1.29, 1.82) is 0 Å². The Morgan fingerprint density at radius 2 is 2.35 bits per heavy atom. The predicted octanol–water partition coefficient (Wildman–Crippen LogP) is 0.987. The molecule has 1 aromatic rings. The number of nitrogens with zero attached hydrogens (tertiary/aromatic N) is 2. The van der Waals surface area contributed by atoms with Crippen molar-refractivity contribution in [3.63, 3.8) is 0 Å². The third-order valence-corrected chi connectivity index (χ3v) is 3.24. The first kappa shape index (κ1) is 11.9. The number of piperidine rings is 1. The summed E-state index contributed by atoms with van der Waals surface area (Å²) in [5.41, 5.74) is 0.225. The molecule has 5 heteroatoms. The van der Waals surface area contributed by atoms with Crippen molar-refractivity contribution in [2.45, 2.75) is 19.4 Å². The maximum atomic E-state index is 10.9. The molecular formula is C12H16N2O3. The van der Waals surface area contributed by atoms with Crippen molar-refractivity contribution in [1.82, 2.24) is 4.98 Å². The highest BCUT2D eigenvalue weighted by molar-refractivity contribution is 5.88. The highest BCUT2D eigenvalue weighted by Gasteiger charge is 2.25. The number of carboxylic acids is 1. The minimum absolute atomic E-state index is 0.225. The van der Waals surface area contributed by atoms with E-state index >= 15 is 0 Å². The van der Waals surface area contributed by atoms with Gasteiger partial charge in [0.1, 0.15) is 5.82 Å². The Kier molecular flexibility index (Phi) is 3.28. The molecule has 2 N–H and O–H groups in total. The van der Waals surface area contributed by atoms with Gasteiger partial charge in [-0.15, -0.1) is 0 Å². The molecule has 1 aliphatic rings. The maximum absolute atomic E-state index is 10.9. The first-order valence-electron chi connectivity index (χ1n) is 5.70. The number of aliphatic hydroxyl groups excluding tert-OH is 1. The molecular weight excluding hydrogens is 220 g/mol. The summed E-state index contributed by atoms with van der Waals surface area (Å²) in [6.45, 7) is 3.33. The molecule has 1 aliphatic heterocycles. The molecule has 0 aromatic carbocycles. The number of carbonyl (C=O) groups is 1. The van der Waals surface area contributed by atoms with Gasteiger partial charge < -0.3 is 15.1 Å². The van der Waals surface area contributed by atoms with Crippen molar-refractivity contribution in [3.8, 4) is 0 Å². The van der Waals surface area contributed by atoms with Crippen LogP contribution in [0.4, 0.5) is 5.82 Å². The zero-order chi connectivity index (χ0) is 12.4. The van der Waals surface area contributed by atoms with Crippen LogP contribution in [0.5, 0.6) is 0 Å². The molecule has 0 amide bonds. The van der Waals surface area contributed by atoms with E-state index in [0.29, 0.717) is 12.4 Å². The molecule has 5 nitrogen and oxygen atoms in total. The Morgan fingerprint density at radius 3 is 3.00 bits per heavy atom. The van der Waals surface area contributed by atoms with Gasteiger partial charge in [0.2, 0.25) is 0 Å². The monoisotopic (exact) mass is 236 g/mol. The van der Waals surface area contributed by atoms with Crippen molar-refractivity contribution in [3.05, 3.63) is 23.9 Å². The Balaban J connectivity index is 2.17. The molecule has 2 unspecified atom stereocenters. The molecule has 17 heavy (non-hydrogen) atoms. The first-order chi connectivity index (χ1) is 8.08. The van der Waals surface area contributed by atoms with Crippen LogP contribution in [0.2, 0.25) is 0 Å². The van der Waals surface area contributed by atoms with E-state index in [4.69, 9.17) is 5.11 Å². The van der Waals surface area contributed by atoms with Crippen LogP contribution in [-0.4, -0.2) is 40.4 Å². The second kappa shape index (κ2) is 4.71. The summed E-state index contributed by atoms with van der Waals surface area (Å²) in [6, 6.07) is 3.01. The van der Waals surface area contributed by atoms with Crippen LogP contribution >= 0.6 is 0 Å². The number of hydrogen-bond acceptors (Lipinski definition) is 4. The number of aromatic nitrogens is 1. The van der Waals surface area contributed by atoms with Crippen LogP contribution < -0.4 is 4.90 Å². The van der Waals surface area contributed by atoms with E-state index < -0.39 is 5.97 Å². The number of aliphatic hydroxyl groups is 1. The minimum Gasteiger partial charge on any atom is -0.478 e. The lowest BCUT2D eigenvalue weighted by Gasteiger charge is -2.35. The number of hydrogen-bond donors (Lipinski definition) is 2. The second-order valence-electron chi connectivity index (χ2n) is 4.49. The fourth-order valence-electron chi connectivity index (χ4n) is 1.98. The maximum Gasteiger partial charge on any atom is 0.335 e. The van der Waals surface area contributed by atoms with Gasteiger partial charge in [-0.3, -0.25) is 0 Å². The Morgan fingerprint density at radius 1 is 1.59 bits per heavy atom. The highest BCUT2D eigenvalue weighted by Crippen LogP contribution is 2.22. The average Bonchev–Trinajstić information content (AvgIpc) is 2.33. The van der Waals surface area contributed by atoms with Crippen molar-refractivity contribution < 1.29 is 15.0 Å². The number of anilines is 1. The van der Waals surface area contributed by atoms with Gasteiger partial charge in [0.15, 0.2) is 0 Å². The number of pyridine rings is 1. The van der Waals surface area contributed by atoms with Crippen molar-refractivity contribution in [2.75, 3.05) is 18.0 Å². The fourth-order valence-corrected chi connectivity index (χ4v) is 1.98. The molecule has 0 spiro atoms. The molecule has 0 bridgehead atoms. The molecule has 92 valence electrons. The van der Waals surface area contributed by atoms with E-state index in [2.05, 4.69) is 4.98 Å². The minimum atomic E-state index is -0.959. The first-order valence-corrected chi connectivity index (χ1v) is 5.70. The van der Waals surface area contributed by atoms with Gasteiger partial charge in [0, 0.05) is 19.3 Å². The Labute approximate surface area is 99.7 Å². The van der Waals surface area contributed by atoms with E-state index in [9.17, 15) is 9.90 Å². The number of rotatable bonds is 2. The third-order valence-electron chi connectivity index (χ3n) is 3.24. The van der Waals surface area contributed by atoms with Gasteiger partial charge in [0.25, 0.3) is 0 Å². The van der Waals surface area contributed by atoms with Crippen LogP contribution in [-0.2, 0) is 0 Å². The normalized spacial score (nSPS) is 24.7. The number of β-amino-alcohol motifs (C(OH)–C–C–N with tert-alkyl or cyclic N) is 1. The topological polar surface area (TPSA) is 73.7 Å². The standard InChI is InChI=1S/C12H16N2O3/c1-8-3-5-14(7-10(8)15)11-6-9(12(16)17)2-4-13-11/h2,4,6,8,10,15H,3,5,7H2,1H3,(H,16,17). The average molecular weight is 236 g/mol. The summed E-state index contributed by atoms with van der Waals surface area (Å²) in [7, 11) is 0. The van der Waals surface area contributed by atoms with Gasteiger partial charge in [0.05, 0.1) is 11.7 Å². The molecule has 2 atom stereocenters. The third kappa shape index (κ3) is 2.55. The summed E-state index contributed by atoms with van der Waals surface area (Å²) in [6.07, 6.45) is 2.00. The van der Waals surface area contributed by atoms with Crippen molar-refractivity contribution >= 4 is 11.8 Å². The van der Waals surface area contributed by atoms with Gasteiger partial charge in [-0.05, 0) is 24.5 Å². The lowest BCUT2D eigenvalue weighted by atomic mass is 9.96. The van der Waals surface area contributed by atoms with Gasteiger partial charge in [-0.25, -0.2) is 9.78 Å². The van der Waals surface area contributed by atoms with E-state index in [0.717, 1.165) is 13.0 Å². The van der Waals surface area contributed by atoms with Crippen LogP contribution in [0, 0.1) is 5.92 Å². The van der Waals surface area contributed by atoms with E-state index in [1.54, 1.807) is 6.07 Å². The molecule has 2 rings (SSSR count). The summed E-state index contributed by atoms with van der Waals surface area (Å²) in [5.74, 6) is -0.0515. The Bertz CT molecular complexity index is 422. The quantitative estimate of drug-likeness (QED) is 0.801. The zero-order valence-corrected chi connectivity index (χ0v) is 9.71. The molecule has 1 fully saturated rings. The summed E-state index contributed by atoms with van der Waals surface area (Å²) in [5, 5.41) is 18.7. The number of carboxylic acid groups (broad SMARTS) is 1. The van der Waals surface area contributed by atoms with Crippen LogP contribution in [0.15, 0.2) is 18.3 Å². The lowest BCUT2D eigenvalue weighted by Crippen LogP contribution is -2.43. The largest absolute Gasteiger partial charge is 0.478 e. The second-order valence-corrected chi connectivity index (χ2v) is 4.49. The summed E-state index contributed by atoms with van der Waals surface area (Å²) >= 11 is 0. The van der Waals surface area contributed by atoms with Crippen LogP contribution in [0.3, 0.4) is 0 Å². The van der Waals surface area contributed by atoms with E-state index in [1.807, 2.05) is 11.8 Å². The number of aromatic carboxylic acids is 1. The molecule has 0 radical (unpaired) electrons. The van der Waals surface area contributed by atoms with Crippen LogP contribution in [0.25, 0.3) is 0 Å². The molecule has 1 saturated heterocycles. The van der Waals surface area contributed by atoms with Gasteiger partial charge >= 0.3 is 5.97 Å². The van der Waals surface area contributed by atoms with Crippen molar-refractivity contribution in [2.24, 2.45) is 5.92 Å². The summed E-state index contributed by atoms with van der Waals surface area (Å²) < 4.78 is 0. The van der Waals surface area contributed by atoms with E-state index in [1.165, 1.54) is 12.3 Å². The molecule has 0 saturated carbocycles.